The number of hydrogen-bond donors (Lipinski definition) is 1. The zero-order valence-corrected chi connectivity index (χ0v) is 21.7. The minimum atomic E-state index is -3.66. The van der Waals surface area contributed by atoms with Gasteiger partial charge in [-0.1, -0.05) is 40.2 Å². The van der Waals surface area contributed by atoms with Crippen LogP contribution in [0.15, 0.2) is 58.1 Å². The lowest BCUT2D eigenvalue weighted by Crippen LogP contribution is -2.39. The molecule has 1 N–H and O–H groups in total. The Morgan fingerprint density at radius 3 is 2.33 bits per heavy atom. The van der Waals surface area contributed by atoms with E-state index >= 15 is 0 Å². The number of rotatable bonds is 7. The molecule has 0 aliphatic rings. The first-order valence-electron chi connectivity index (χ1n) is 10.3. The molecule has 174 valence electrons. The molecule has 33 heavy (non-hydrogen) atoms. The highest BCUT2D eigenvalue weighted by molar-refractivity contribution is 9.10. The maximum Gasteiger partial charge on any atom is 0.260 e. The van der Waals surface area contributed by atoms with Gasteiger partial charge in [-0.05, 0) is 63.1 Å². The predicted molar refractivity (Wildman–Crippen MR) is 137 cm³/mol. The van der Waals surface area contributed by atoms with Gasteiger partial charge in [-0.2, -0.15) is 5.10 Å². The number of aryl methyl sites for hydroxylation is 3. The first-order valence-corrected chi connectivity index (χ1v) is 12.9. The summed E-state index contributed by atoms with van der Waals surface area (Å²) in [7, 11) is -3.66. The third kappa shape index (κ3) is 5.72. The van der Waals surface area contributed by atoms with Crippen molar-refractivity contribution in [2.24, 2.45) is 5.10 Å². The molecular formula is C24H27BrN4O3S. The third-order valence-corrected chi connectivity index (χ3v) is 6.91. The second kappa shape index (κ2) is 9.93. The number of nitrogens with one attached hydrogen (secondary N) is 1. The van der Waals surface area contributed by atoms with E-state index in [-0.39, 0.29) is 6.54 Å². The second-order valence-electron chi connectivity index (χ2n) is 7.94. The maximum absolute atomic E-state index is 12.6. The Morgan fingerprint density at radius 1 is 1.09 bits per heavy atom. The molecule has 0 atom stereocenters. The van der Waals surface area contributed by atoms with E-state index in [4.69, 9.17) is 0 Å². The fraction of sp³-hybridized carbons (Fsp3) is 0.250. The Balaban J connectivity index is 1.78. The van der Waals surface area contributed by atoms with Crippen LogP contribution in [0.4, 0.5) is 5.69 Å². The van der Waals surface area contributed by atoms with E-state index in [0.717, 1.165) is 48.8 Å². The number of carbonyl (C=O) groups excluding carboxylic acids is 1. The Bertz CT molecular complexity index is 1310. The van der Waals surface area contributed by atoms with Crippen molar-refractivity contribution in [3.8, 4) is 5.69 Å². The van der Waals surface area contributed by atoms with Crippen LogP contribution in [0.2, 0.25) is 0 Å². The number of hydrazone groups is 1. The number of aromatic nitrogens is 1. The molecule has 2 aromatic carbocycles. The average Bonchev–Trinajstić information content (AvgIpc) is 2.99. The molecule has 3 aromatic rings. The van der Waals surface area contributed by atoms with E-state index in [1.54, 1.807) is 6.21 Å². The van der Waals surface area contributed by atoms with Crippen LogP contribution in [-0.4, -0.2) is 37.9 Å². The third-order valence-electron chi connectivity index (χ3n) is 5.31. The Morgan fingerprint density at radius 2 is 1.73 bits per heavy atom. The number of sulfonamides is 1. The minimum Gasteiger partial charge on any atom is -0.318 e. The fourth-order valence-electron chi connectivity index (χ4n) is 3.83. The van der Waals surface area contributed by atoms with E-state index < -0.39 is 15.9 Å². The van der Waals surface area contributed by atoms with Gasteiger partial charge >= 0.3 is 0 Å². The van der Waals surface area contributed by atoms with Crippen LogP contribution >= 0.6 is 15.9 Å². The molecule has 9 heteroatoms. The first kappa shape index (κ1) is 24.7. The molecule has 0 saturated carbocycles. The predicted octanol–water partition coefficient (Wildman–Crippen LogP) is 4.39. The first-order chi connectivity index (χ1) is 15.5. The normalized spacial score (nSPS) is 11.7. The van der Waals surface area contributed by atoms with Gasteiger partial charge in [0, 0.05) is 27.1 Å². The van der Waals surface area contributed by atoms with Crippen LogP contribution in [0, 0.1) is 27.7 Å². The number of halogens is 1. The number of nitrogens with zero attached hydrogens (tertiary/aromatic N) is 3. The standard InChI is InChI=1S/C24H27BrN4O3S/c1-16-8-6-9-17(2)24(16)28(33(5,31)32)15-23(30)27-26-14-20-12-18(3)29(19(20)4)22-11-7-10-21(25)13-22/h6-14H,15H2,1-5H3,(H,27,30)/b26-14-. The molecule has 1 aromatic heterocycles. The van der Waals surface area contributed by atoms with Gasteiger partial charge in [0.15, 0.2) is 0 Å². The Hall–Kier alpha value is -2.91. The molecule has 0 fully saturated rings. The summed E-state index contributed by atoms with van der Waals surface area (Å²) in [5.74, 6) is -0.528. The van der Waals surface area contributed by atoms with Gasteiger partial charge in [-0.3, -0.25) is 9.10 Å². The molecule has 1 amide bonds. The highest BCUT2D eigenvalue weighted by Gasteiger charge is 2.23. The lowest BCUT2D eigenvalue weighted by atomic mass is 10.1. The van der Waals surface area contributed by atoms with Gasteiger partial charge < -0.3 is 4.57 Å². The van der Waals surface area contributed by atoms with Crippen molar-refractivity contribution in [1.29, 1.82) is 0 Å². The van der Waals surface area contributed by atoms with Crippen LogP contribution in [-0.2, 0) is 14.8 Å². The van der Waals surface area contributed by atoms with Gasteiger partial charge in [0.05, 0.1) is 18.2 Å². The number of benzene rings is 2. The average molecular weight is 531 g/mol. The topological polar surface area (TPSA) is 83.8 Å². The van der Waals surface area contributed by atoms with Crippen molar-refractivity contribution in [1.82, 2.24) is 9.99 Å². The van der Waals surface area contributed by atoms with Crippen molar-refractivity contribution in [2.45, 2.75) is 27.7 Å². The summed E-state index contributed by atoms with van der Waals surface area (Å²) < 4.78 is 29.0. The Kier molecular flexibility index (Phi) is 7.44. The number of hydrogen-bond acceptors (Lipinski definition) is 4. The van der Waals surface area contributed by atoms with Crippen molar-refractivity contribution in [3.05, 3.63) is 81.1 Å². The zero-order chi connectivity index (χ0) is 24.3. The number of carbonyl (C=O) groups is 1. The quantitative estimate of drug-likeness (QED) is 0.363. The number of anilines is 1. The minimum absolute atomic E-state index is 0.362. The van der Waals surface area contributed by atoms with E-state index in [0.29, 0.717) is 5.69 Å². The summed E-state index contributed by atoms with van der Waals surface area (Å²) in [5, 5.41) is 4.07. The molecule has 7 nitrogen and oxygen atoms in total. The summed E-state index contributed by atoms with van der Waals surface area (Å²) >= 11 is 3.50. The molecular weight excluding hydrogens is 504 g/mol. The van der Waals surface area contributed by atoms with E-state index in [1.165, 1.54) is 0 Å². The SMILES string of the molecule is Cc1cccc(C)c1N(CC(=O)N/N=C\c1cc(C)n(-c2cccc(Br)c2)c1C)S(C)(=O)=O. The largest absolute Gasteiger partial charge is 0.318 e. The van der Waals surface area contributed by atoms with Gasteiger partial charge in [0.1, 0.15) is 6.54 Å². The van der Waals surface area contributed by atoms with Crippen molar-refractivity contribution in [3.63, 3.8) is 0 Å². The summed E-state index contributed by atoms with van der Waals surface area (Å²) in [6.45, 7) is 7.25. The lowest BCUT2D eigenvalue weighted by Gasteiger charge is -2.25. The number of amides is 1. The highest BCUT2D eigenvalue weighted by Crippen LogP contribution is 2.26. The monoisotopic (exact) mass is 530 g/mol. The van der Waals surface area contributed by atoms with Crippen LogP contribution in [0.5, 0.6) is 0 Å². The summed E-state index contributed by atoms with van der Waals surface area (Å²) in [5.41, 5.74) is 8.37. The van der Waals surface area contributed by atoms with E-state index in [9.17, 15) is 13.2 Å². The number of para-hydroxylation sites is 1. The van der Waals surface area contributed by atoms with Crippen molar-refractivity contribution >= 4 is 43.8 Å². The van der Waals surface area contributed by atoms with Crippen LogP contribution in [0.3, 0.4) is 0 Å². The van der Waals surface area contributed by atoms with Gasteiger partial charge in [-0.15, -0.1) is 0 Å². The Labute approximate surface area is 203 Å². The maximum atomic E-state index is 12.6. The molecule has 0 bridgehead atoms. The lowest BCUT2D eigenvalue weighted by molar-refractivity contribution is -0.119. The molecule has 0 unspecified atom stereocenters. The summed E-state index contributed by atoms with van der Waals surface area (Å²) in [6, 6.07) is 15.4. The zero-order valence-electron chi connectivity index (χ0n) is 19.3. The van der Waals surface area contributed by atoms with E-state index in [2.05, 4.69) is 31.0 Å². The van der Waals surface area contributed by atoms with Crippen LogP contribution in [0.1, 0.15) is 28.1 Å². The van der Waals surface area contributed by atoms with Gasteiger partial charge in [0.2, 0.25) is 10.0 Å². The highest BCUT2D eigenvalue weighted by atomic mass is 79.9. The molecule has 0 radical (unpaired) electrons. The van der Waals surface area contributed by atoms with Gasteiger partial charge in [0.25, 0.3) is 5.91 Å². The molecule has 0 aliphatic heterocycles. The van der Waals surface area contributed by atoms with Gasteiger partial charge in [-0.25, -0.2) is 13.8 Å². The second-order valence-corrected chi connectivity index (χ2v) is 10.8. The van der Waals surface area contributed by atoms with Crippen molar-refractivity contribution in [2.75, 3.05) is 17.1 Å². The van der Waals surface area contributed by atoms with Crippen LogP contribution in [0.25, 0.3) is 5.69 Å². The fourth-order valence-corrected chi connectivity index (χ4v) is 5.19. The molecule has 0 saturated heterocycles. The molecule has 1 heterocycles. The molecule has 3 rings (SSSR count). The summed E-state index contributed by atoms with van der Waals surface area (Å²) in [4.78, 5) is 12.6. The van der Waals surface area contributed by atoms with Crippen LogP contribution < -0.4 is 9.73 Å². The molecule has 0 spiro atoms. The van der Waals surface area contributed by atoms with E-state index in [1.807, 2.05) is 76.2 Å². The summed E-state index contributed by atoms with van der Waals surface area (Å²) in [6.07, 6.45) is 2.66. The smallest absolute Gasteiger partial charge is 0.260 e. The van der Waals surface area contributed by atoms with Crippen molar-refractivity contribution < 1.29 is 13.2 Å². The molecule has 0 aliphatic carbocycles.